The van der Waals surface area contributed by atoms with Gasteiger partial charge in [0.2, 0.25) is 11.8 Å². The van der Waals surface area contributed by atoms with E-state index in [0.29, 0.717) is 12.1 Å². The maximum absolute atomic E-state index is 13.4. The second-order valence-electron chi connectivity index (χ2n) is 9.38. The number of carbonyl (C=O) groups is 2. The summed E-state index contributed by atoms with van der Waals surface area (Å²) in [6, 6.07) is 11.4. The van der Waals surface area contributed by atoms with Crippen molar-refractivity contribution in [2.45, 2.75) is 43.9 Å². The largest absolute Gasteiger partial charge is 0.352 e. The van der Waals surface area contributed by atoms with Crippen molar-refractivity contribution in [2.24, 2.45) is 5.92 Å². The predicted octanol–water partition coefficient (Wildman–Crippen LogP) is 3.13. The molecule has 184 valence electrons. The molecule has 2 aromatic carbocycles. The average molecular weight is 499 g/mol. The van der Waals surface area contributed by atoms with E-state index in [1.165, 1.54) is 29.5 Å². The maximum Gasteiger partial charge on any atom is 0.237 e. The summed E-state index contributed by atoms with van der Waals surface area (Å²) in [7, 11) is 0. The number of fused-ring (bicyclic) bond motifs is 1. The van der Waals surface area contributed by atoms with Crippen LogP contribution in [0.25, 0.3) is 5.57 Å². The Kier molecular flexibility index (Phi) is 6.91. The Morgan fingerprint density at radius 1 is 1.17 bits per heavy atom. The SMILES string of the molecule is Cc1ccc(C2=CSC3C(=O)NC(N4CCCC(C(=O)NCc5cc(F)cc(F)c5)C4)NC23)cc1. The highest BCUT2D eigenvalue weighted by atomic mass is 32.2. The molecule has 4 atom stereocenters. The van der Waals surface area contributed by atoms with Crippen LogP contribution in [0.5, 0.6) is 0 Å². The van der Waals surface area contributed by atoms with E-state index in [0.717, 1.165) is 36.6 Å². The van der Waals surface area contributed by atoms with E-state index in [4.69, 9.17) is 0 Å². The first kappa shape index (κ1) is 24.0. The van der Waals surface area contributed by atoms with Crippen molar-refractivity contribution >= 4 is 29.1 Å². The van der Waals surface area contributed by atoms with Crippen LogP contribution in [-0.2, 0) is 16.1 Å². The molecule has 0 bridgehead atoms. The van der Waals surface area contributed by atoms with Crippen LogP contribution in [-0.4, -0.2) is 47.4 Å². The summed E-state index contributed by atoms with van der Waals surface area (Å²) in [5.41, 5.74) is 3.77. The van der Waals surface area contributed by atoms with Gasteiger partial charge >= 0.3 is 0 Å². The Hall–Kier alpha value is -2.75. The summed E-state index contributed by atoms with van der Waals surface area (Å²) in [6.07, 6.45) is 1.16. The molecule has 3 aliphatic heterocycles. The van der Waals surface area contributed by atoms with Crippen molar-refractivity contribution in [3.8, 4) is 0 Å². The predicted molar refractivity (Wildman–Crippen MR) is 132 cm³/mol. The third kappa shape index (κ3) is 5.27. The number of benzene rings is 2. The van der Waals surface area contributed by atoms with Crippen molar-refractivity contribution in [2.75, 3.05) is 13.1 Å². The fourth-order valence-electron chi connectivity index (χ4n) is 4.97. The molecule has 9 heteroatoms. The van der Waals surface area contributed by atoms with Crippen LogP contribution in [0, 0.1) is 24.5 Å². The van der Waals surface area contributed by atoms with E-state index < -0.39 is 11.6 Å². The highest BCUT2D eigenvalue weighted by Gasteiger charge is 2.44. The van der Waals surface area contributed by atoms with Crippen molar-refractivity contribution in [3.05, 3.63) is 76.2 Å². The Bertz CT molecular complexity index is 1140. The van der Waals surface area contributed by atoms with Gasteiger partial charge in [0.1, 0.15) is 23.2 Å². The highest BCUT2D eigenvalue weighted by Crippen LogP contribution is 2.38. The monoisotopic (exact) mass is 498 g/mol. The molecule has 3 heterocycles. The van der Waals surface area contributed by atoms with Gasteiger partial charge in [0, 0.05) is 25.7 Å². The number of thioether (sulfide) groups is 1. The van der Waals surface area contributed by atoms with Crippen molar-refractivity contribution < 1.29 is 18.4 Å². The zero-order chi connectivity index (χ0) is 24.5. The molecular weight excluding hydrogens is 470 g/mol. The number of aryl methyl sites for hydroxylation is 1. The number of amides is 2. The molecule has 0 aliphatic carbocycles. The molecule has 4 unspecified atom stereocenters. The second kappa shape index (κ2) is 10.1. The fourth-order valence-corrected chi connectivity index (χ4v) is 6.12. The zero-order valence-electron chi connectivity index (χ0n) is 19.4. The molecule has 0 saturated carbocycles. The van der Waals surface area contributed by atoms with Crippen LogP contribution in [0.15, 0.2) is 47.9 Å². The number of piperidine rings is 1. The van der Waals surface area contributed by atoms with Gasteiger partial charge < -0.3 is 10.6 Å². The number of hydrogen-bond acceptors (Lipinski definition) is 5. The minimum absolute atomic E-state index is 0.0122. The summed E-state index contributed by atoms with van der Waals surface area (Å²) >= 11 is 1.53. The molecule has 3 aliphatic rings. The van der Waals surface area contributed by atoms with Gasteiger partial charge in [-0.3, -0.25) is 19.8 Å². The number of carbonyl (C=O) groups excluding carboxylic acids is 2. The number of nitrogens with one attached hydrogen (secondary N) is 3. The van der Waals surface area contributed by atoms with Crippen LogP contribution in [0.4, 0.5) is 8.78 Å². The first-order chi connectivity index (χ1) is 16.9. The van der Waals surface area contributed by atoms with Gasteiger partial charge in [-0.15, -0.1) is 11.8 Å². The normalized spacial score (nSPS) is 26.6. The van der Waals surface area contributed by atoms with E-state index in [2.05, 4.69) is 50.5 Å². The molecule has 0 aromatic heterocycles. The Balaban J connectivity index is 1.22. The topological polar surface area (TPSA) is 73.5 Å². The lowest BCUT2D eigenvalue weighted by molar-refractivity contribution is -0.129. The van der Waals surface area contributed by atoms with Crippen LogP contribution >= 0.6 is 11.8 Å². The number of hydrogen-bond donors (Lipinski definition) is 3. The molecule has 2 aromatic rings. The number of rotatable bonds is 5. The van der Waals surface area contributed by atoms with Gasteiger partial charge in [0.25, 0.3) is 0 Å². The Labute approximate surface area is 207 Å². The average Bonchev–Trinajstić information content (AvgIpc) is 3.27. The number of nitrogens with zero attached hydrogens (tertiary/aromatic N) is 1. The van der Waals surface area contributed by atoms with Crippen LogP contribution in [0.1, 0.15) is 29.5 Å². The van der Waals surface area contributed by atoms with E-state index in [1.54, 1.807) is 0 Å². The fraction of sp³-hybridized carbons (Fsp3) is 0.385. The second-order valence-corrected chi connectivity index (χ2v) is 10.4. The van der Waals surface area contributed by atoms with E-state index in [9.17, 15) is 18.4 Å². The smallest absolute Gasteiger partial charge is 0.237 e. The van der Waals surface area contributed by atoms with Gasteiger partial charge in [0.05, 0.1) is 12.0 Å². The lowest BCUT2D eigenvalue weighted by atomic mass is 9.94. The number of halogens is 2. The van der Waals surface area contributed by atoms with E-state index in [1.807, 2.05) is 6.92 Å². The van der Waals surface area contributed by atoms with Gasteiger partial charge in [-0.05, 0) is 54.0 Å². The highest BCUT2D eigenvalue weighted by molar-refractivity contribution is 8.04. The summed E-state index contributed by atoms with van der Waals surface area (Å²) in [4.78, 5) is 27.8. The van der Waals surface area contributed by atoms with Gasteiger partial charge in [-0.25, -0.2) is 8.78 Å². The van der Waals surface area contributed by atoms with E-state index >= 15 is 0 Å². The third-order valence-corrected chi connectivity index (χ3v) is 7.99. The summed E-state index contributed by atoms with van der Waals surface area (Å²) < 4.78 is 26.9. The van der Waals surface area contributed by atoms with Gasteiger partial charge in [-0.1, -0.05) is 29.8 Å². The number of likely N-dealkylation sites (tertiary alicyclic amines) is 1. The molecule has 6 nitrogen and oxygen atoms in total. The van der Waals surface area contributed by atoms with Crippen molar-refractivity contribution in [1.82, 2.24) is 20.9 Å². The van der Waals surface area contributed by atoms with Crippen LogP contribution < -0.4 is 16.0 Å². The van der Waals surface area contributed by atoms with Gasteiger partial charge in [-0.2, -0.15) is 0 Å². The van der Waals surface area contributed by atoms with Crippen LogP contribution in [0.3, 0.4) is 0 Å². The molecule has 0 spiro atoms. The lowest BCUT2D eigenvalue weighted by Gasteiger charge is -2.43. The van der Waals surface area contributed by atoms with Crippen LogP contribution in [0.2, 0.25) is 0 Å². The summed E-state index contributed by atoms with van der Waals surface area (Å²) in [5, 5.41) is 11.3. The minimum Gasteiger partial charge on any atom is -0.352 e. The van der Waals surface area contributed by atoms with E-state index in [-0.39, 0.29) is 41.9 Å². The molecular formula is C26H28F2N4O2S. The van der Waals surface area contributed by atoms with Crippen molar-refractivity contribution in [3.63, 3.8) is 0 Å². The zero-order valence-corrected chi connectivity index (χ0v) is 20.2. The first-order valence-corrected chi connectivity index (χ1v) is 12.8. The molecule has 2 fully saturated rings. The Morgan fingerprint density at radius 3 is 2.66 bits per heavy atom. The Morgan fingerprint density at radius 2 is 1.91 bits per heavy atom. The standard InChI is InChI=1S/C26H28F2N4O2S/c1-15-4-6-17(7-5-15)21-14-35-23-22(21)30-26(31-25(23)34)32-8-2-3-18(13-32)24(33)29-12-16-9-19(27)11-20(28)10-16/h4-7,9-11,14,18,22-23,26,30H,2-3,8,12-13H2,1H3,(H,29,33)(H,31,34). The van der Waals surface area contributed by atoms with Crippen molar-refractivity contribution in [1.29, 1.82) is 0 Å². The molecule has 3 N–H and O–H groups in total. The molecule has 5 rings (SSSR count). The maximum atomic E-state index is 13.4. The lowest BCUT2D eigenvalue weighted by Crippen LogP contribution is -2.69. The summed E-state index contributed by atoms with van der Waals surface area (Å²) in [5.74, 6) is -1.78. The quantitative estimate of drug-likeness (QED) is 0.591. The molecule has 2 amide bonds. The third-order valence-electron chi connectivity index (χ3n) is 6.82. The molecule has 2 saturated heterocycles. The van der Waals surface area contributed by atoms with Gasteiger partial charge in [0.15, 0.2) is 0 Å². The summed E-state index contributed by atoms with van der Waals surface area (Å²) in [6.45, 7) is 3.35. The first-order valence-electron chi connectivity index (χ1n) is 11.8. The molecule has 0 radical (unpaired) electrons. The minimum atomic E-state index is -0.667. The molecule has 35 heavy (non-hydrogen) atoms.